The van der Waals surface area contributed by atoms with Gasteiger partial charge < -0.3 is 16.0 Å². The fraction of sp³-hybridized carbons (Fsp3) is 0.176. The van der Waals surface area contributed by atoms with Gasteiger partial charge in [-0.2, -0.15) is 0 Å². The van der Waals surface area contributed by atoms with Gasteiger partial charge in [0.15, 0.2) is 0 Å². The maximum absolute atomic E-state index is 12.0. The van der Waals surface area contributed by atoms with Crippen LogP contribution in [-0.2, 0) is 0 Å². The molecule has 0 aliphatic carbocycles. The molecule has 0 unspecified atom stereocenters. The number of rotatable bonds is 5. The van der Waals surface area contributed by atoms with E-state index in [9.17, 15) is 9.59 Å². The molecule has 0 bridgehead atoms. The van der Waals surface area contributed by atoms with E-state index in [0.717, 1.165) is 6.42 Å². The van der Waals surface area contributed by atoms with Crippen LogP contribution in [0.25, 0.3) is 0 Å². The normalized spacial score (nSPS) is 10.1. The number of anilines is 2. The van der Waals surface area contributed by atoms with Crippen molar-refractivity contribution in [2.45, 2.75) is 13.3 Å². The molecule has 0 radical (unpaired) electrons. The Morgan fingerprint density at radius 1 is 0.917 bits per heavy atom. The number of halogens is 2. The first-order chi connectivity index (χ1) is 11.5. The van der Waals surface area contributed by atoms with Gasteiger partial charge in [0, 0.05) is 33.5 Å². The molecular weight excluding hydrogens is 349 g/mol. The average molecular weight is 366 g/mol. The van der Waals surface area contributed by atoms with Gasteiger partial charge in [0.1, 0.15) is 0 Å². The molecule has 24 heavy (non-hydrogen) atoms. The van der Waals surface area contributed by atoms with E-state index >= 15 is 0 Å². The Balaban J connectivity index is 1.95. The molecule has 0 aliphatic rings. The lowest BCUT2D eigenvalue weighted by molar-refractivity contribution is 0.0953. The summed E-state index contributed by atoms with van der Waals surface area (Å²) in [7, 11) is 0. The highest BCUT2D eigenvalue weighted by Gasteiger charge is 2.07. The Kier molecular flexibility index (Phi) is 6.46. The highest BCUT2D eigenvalue weighted by Crippen LogP contribution is 2.22. The van der Waals surface area contributed by atoms with Crippen LogP contribution < -0.4 is 16.0 Å². The van der Waals surface area contributed by atoms with Crippen molar-refractivity contribution in [2.24, 2.45) is 0 Å². The molecule has 2 aromatic rings. The van der Waals surface area contributed by atoms with Gasteiger partial charge in [0.05, 0.1) is 0 Å². The Morgan fingerprint density at radius 3 is 2.08 bits per heavy atom. The Labute approximate surface area is 150 Å². The number of nitrogens with one attached hydrogen (secondary N) is 3. The number of urea groups is 1. The van der Waals surface area contributed by atoms with E-state index in [-0.39, 0.29) is 5.91 Å². The van der Waals surface area contributed by atoms with Crippen LogP contribution in [0.15, 0.2) is 42.5 Å². The number of benzene rings is 2. The molecule has 0 fully saturated rings. The first kappa shape index (κ1) is 18.1. The van der Waals surface area contributed by atoms with E-state index in [0.29, 0.717) is 33.5 Å². The third-order valence-electron chi connectivity index (χ3n) is 3.06. The van der Waals surface area contributed by atoms with Crippen molar-refractivity contribution in [1.82, 2.24) is 5.32 Å². The fourth-order valence-electron chi connectivity index (χ4n) is 1.96. The van der Waals surface area contributed by atoms with Crippen LogP contribution in [0.3, 0.4) is 0 Å². The van der Waals surface area contributed by atoms with Crippen LogP contribution in [-0.4, -0.2) is 18.5 Å². The zero-order valence-corrected chi connectivity index (χ0v) is 14.5. The minimum atomic E-state index is -0.434. The van der Waals surface area contributed by atoms with Gasteiger partial charge in [-0.05, 0) is 48.9 Å². The van der Waals surface area contributed by atoms with Crippen LogP contribution in [0, 0.1) is 0 Å². The van der Waals surface area contributed by atoms with Crippen LogP contribution in [0.1, 0.15) is 23.7 Å². The summed E-state index contributed by atoms with van der Waals surface area (Å²) in [5.74, 6) is -0.138. The maximum Gasteiger partial charge on any atom is 0.323 e. The molecule has 2 rings (SSSR count). The molecule has 0 heterocycles. The molecule has 0 atom stereocenters. The smallest absolute Gasteiger partial charge is 0.323 e. The second kappa shape index (κ2) is 8.57. The van der Waals surface area contributed by atoms with Crippen LogP contribution in [0.2, 0.25) is 10.0 Å². The summed E-state index contributed by atoms with van der Waals surface area (Å²) in [5, 5.41) is 8.96. The zero-order chi connectivity index (χ0) is 17.5. The second-order valence-corrected chi connectivity index (χ2v) is 5.94. The predicted molar refractivity (Wildman–Crippen MR) is 98.2 cm³/mol. The number of carbonyl (C=O) groups is 2. The minimum Gasteiger partial charge on any atom is -0.352 e. The standard InChI is InChI=1S/C17H17Cl2N3O2/c1-2-7-20-16(23)11-3-5-14(6-4-11)21-17(24)22-15-9-12(18)8-13(19)10-15/h3-6,8-10H,2,7H2,1H3,(H,20,23)(H2,21,22,24). The lowest BCUT2D eigenvalue weighted by atomic mass is 10.2. The SMILES string of the molecule is CCCNC(=O)c1ccc(NC(=O)Nc2cc(Cl)cc(Cl)c2)cc1. The number of carbonyl (C=O) groups excluding carboxylic acids is 2. The van der Waals surface area contributed by atoms with Crippen molar-refractivity contribution in [3.05, 3.63) is 58.1 Å². The summed E-state index contributed by atoms with van der Waals surface area (Å²) < 4.78 is 0. The van der Waals surface area contributed by atoms with Gasteiger partial charge in [0.25, 0.3) is 5.91 Å². The Bertz CT molecular complexity index is 713. The van der Waals surface area contributed by atoms with Gasteiger partial charge in [-0.25, -0.2) is 4.79 Å². The van der Waals surface area contributed by atoms with Gasteiger partial charge in [-0.15, -0.1) is 0 Å². The van der Waals surface area contributed by atoms with Gasteiger partial charge >= 0.3 is 6.03 Å². The summed E-state index contributed by atoms with van der Waals surface area (Å²) in [6, 6.07) is 10.9. The second-order valence-electron chi connectivity index (χ2n) is 5.07. The van der Waals surface area contributed by atoms with Crippen molar-refractivity contribution < 1.29 is 9.59 Å². The third-order valence-corrected chi connectivity index (χ3v) is 3.50. The Morgan fingerprint density at radius 2 is 1.50 bits per heavy atom. The zero-order valence-electron chi connectivity index (χ0n) is 13.0. The summed E-state index contributed by atoms with van der Waals surface area (Å²) in [4.78, 5) is 23.8. The topological polar surface area (TPSA) is 70.2 Å². The lowest BCUT2D eigenvalue weighted by Gasteiger charge is -2.09. The molecule has 0 saturated heterocycles. The van der Waals surface area contributed by atoms with Gasteiger partial charge in [-0.3, -0.25) is 4.79 Å². The largest absolute Gasteiger partial charge is 0.352 e. The molecule has 7 heteroatoms. The lowest BCUT2D eigenvalue weighted by Crippen LogP contribution is -2.24. The third kappa shape index (κ3) is 5.44. The van der Waals surface area contributed by atoms with Crippen LogP contribution in [0.5, 0.6) is 0 Å². The summed E-state index contributed by atoms with van der Waals surface area (Å²) in [5.41, 5.74) is 1.59. The molecule has 3 amide bonds. The molecule has 2 aromatic carbocycles. The molecule has 0 saturated carbocycles. The predicted octanol–water partition coefficient (Wildman–Crippen LogP) is 4.78. The average Bonchev–Trinajstić information content (AvgIpc) is 2.52. The van der Waals surface area contributed by atoms with E-state index in [4.69, 9.17) is 23.2 Å². The summed E-state index contributed by atoms with van der Waals surface area (Å²) >= 11 is 11.8. The molecule has 5 nitrogen and oxygen atoms in total. The molecule has 0 spiro atoms. The van der Waals surface area contributed by atoms with Crippen molar-refractivity contribution >= 4 is 46.5 Å². The monoisotopic (exact) mass is 365 g/mol. The number of hydrogen-bond donors (Lipinski definition) is 3. The quantitative estimate of drug-likeness (QED) is 0.713. The van der Waals surface area contributed by atoms with Crippen molar-refractivity contribution in [1.29, 1.82) is 0 Å². The minimum absolute atomic E-state index is 0.138. The first-order valence-corrected chi connectivity index (χ1v) is 8.16. The van der Waals surface area contributed by atoms with Gasteiger partial charge in [0.2, 0.25) is 0 Å². The first-order valence-electron chi connectivity index (χ1n) is 7.40. The van der Waals surface area contributed by atoms with E-state index in [2.05, 4.69) is 16.0 Å². The number of amides is 3. The van der Waals surface area contributed by atoms with E-state index in [1.165, 1.54) is 0 Å². The van der Waals surface area contributed by atoms with Crippen LogP contribution >= 0.6 is 23.2 Å². The van der Waals surface area contributed by atoms with Crippen molar-refractivity contribution in [3.63, 3.8) is 0 Å². The summed E-state index contributed by atoms with van der Waals surface area (Å²) in [6.07, 6.45) is 0.874. The molecule has 0 aliphatic heterocycles. The Hall–Kier alpha value is -2.24. The summed E-state index contributed by atoms with van der Waals surface area (Å²) in [6.45, 7) is 2.61. The molecule has 3 N–H and O–H groups in total. The van der Waals surface area contributed by atoms with Crippen LogP contribution in [0.4, 0.5) is 16.2 Å². The molecular formula is C17H17Cl2N3O2. The van der Waals surface area contributed by atoms with E-state index < -0.39 is 6.03 Å². The number of hydrogen-bond acceptors (Lipinski definition) is 2. The fourth-order valence-corrected chi connectivity index (χ4v) is 2.49. The highest BCUT2D eigenvalue weighted by atomic mass is 35.5. The van der Waals surface area contributed by atoms with Gasteiger partial charge in [-0.1, -0.05) is 30.1 Å². The molecule has 126 valence electrons. The maximum atomic E-state index is 12.0. The molecule has 0 aromatic heterocycles. The van der Waals surface area contributed by atoms with E-state index in [1.54, 1.807) is 42.5 Å². The van der Waals surface area contributed by atoms with Crippen molar-refractivity contribution in [2.75, 3.05) is 17.2 Å². The van der Waals surface area contributed by atoms with Crippen molar-refractivity contribution in [3.8, 4) is 0 Å². The highest BCUT2D eigenvalue weighted by molar-refractivity contribution is 6.35. The van der Waals surface area contributed by atoms with E-state index in [1.807, 2.05) is 6.92 Å².